The Morgan fingerprint density at radius 3 is 2.65 bits per heavy atom. The van der Waals surface area contributed by atoms with Crippen molar-refractivity contribution >= 4 is 5.91 Å². The molecule has 1 aliphatic heterocycles. The largest absolute Gasteiger partial charge is 0.336 e. The van der Waals surface area contributed by atoms with Crippen molar-refractivity contribution in [2.24, 2.45) is 5.73 Å². The zero-order chi connectivity index (χ0) is 18.1. The van der Waals surface area contributed by atoms with E-state index in [1.54, 1.807) is 4.90 Å². The molecule has 2 atom stereocenters. The van der Waals surface area contributed by atoms with Gasteiger partial charge in [0.15, 0.2) is 0 Å². The van der Waals surface area contributed by atoms with Crippen molar-refractivity contribution in [3.05, 3.63) is 69.1 Å². The van der Waals surface area contributed by atoms with Gasteiger partial charge in [-0.15, -0.1) is 0 Å². The van der Waals surface area contributed by atoms with Gasteiger partial charge in [0.25, 0.3) is 11.5 Å². The van der Waals surface area contributed by atoms with Crippen LogP contribution in [0.2, 0.25) is 0 Å². The molecule has 0 unspecified atom stereocenters. The molecule has 3 N–H and O–H groups in total. The maximum atomic E-state index is 13.0. The molecular weight excluding hydrogens is 326 g/mol. The molecule has 1 aromatic carbocycles. The molecule has 5 nitrogen and oxygen atoms in total. The van der Waals surface area contributed by atoms with Crippen LogP contribution in [0.15, 0.2) is 41.2 Å². The smallest absolute Gasteiger partial charge is 0.261 e. The topological polar surface area (TPSA) is 79.2 Å². The van der Waals surface area contributed by atoms with E-state index in [0.717, 1.165) is 42.5 Å². The van der Waals surface area contributed by atoms with Gasteiger partial charge in [-0.1, -0.05) is 36.8 Å². The second kappa shape index (κ2) is 7.08. The molecule has 2 aromatic rings. The number of nitrogens with two attached hydrogens (primary N) is 1. The SMILES string of the molecule is N[C@@H]1CN(C(=O)c2cc3c([nH]c2=O)CCCCC3)C[C@H]1c1ccccc1. The highest BCUT2D eigenvalue weighted by molar-refractivity contribution is 5.94. The number of nitrogens with zero attached hydrogens (tertiary/aromatic N) is 1. The first-order chi connectivity index (χ1) is 12.6. The zero-order valence-corrected chi connectivity index (χ0v) is 14.9. The highest BCUT2D eigenvalue weighted by Crippen LogP contribution is 2.27. The van der Waals surface area contributed by atoms with Crippen LogP contribution in [0.3, 0.4) is 0 Å². The van der Waals surface area contributed by atoms with E-state index in [0.29, 0.717) is 13.1 Å². The molecule has 26 heavy (non-hydrogen) atoms. The van der Waals surface area contributed by atoms with Crippen LogP contribution in [0.1, 0.15) is 52.4 Å². The number of benzene rings is 1. The number of carbonyl (C=O) groups excluding carboxylic acids is 1. The van der Waals surface area contributed by atoms with Crippen molar-refractivity contribution in [2.45, 2.75) is 44.1 Å². The minimum absolute atomic E-state index is 0.110. The Hall–Kier alpha value is -2.40. The molecule has 1 fully saturated rings. The summed E-state index contributed by atoms with van der Waals surface area (Å²) in [6, 6.07) is 11.8. The highest BCUT2D eigenvalue weighted by atomic mass is 16.2. The lowest BCUT2D eigenvalue weighted by Gasteiger charge is -2.17. The molecule has 1 amide bonds. The average molecular weight is 351 g/mol. The summed E-state index contributed by atoms with van der Waals surface area (Å²) < 4.78 is 0. The van der Waals surface area contributed by atoms with E-state index in [2.05, 4.69) is 4.98 Å². The Kier molecular flexibility index (Phi) is 4.64. The average Bonchev–Trinajstić information content (AvgIpc) is 2.90. The Bertz CT molecular complexity index is 859. The first-order valence-electron chi connectivity index (χ1n) is 9.48. The number of H-pyrrole nitrogens is 1. The minimum Gasteiger partial charge on any atom is -0.336 e. The van der Waals surface area contributed by atoms with E-state index in [4.69, 9.17) is 5.73 Å². The summed E-state index contributed by atoms with van der Waals surface area (Å²) in [5.41, 5.74) is 9.56. The molecule has 0 saturated carbocycles. The summed E-state index contributed by atoms with van der Waals surface area (Å²) in [6.45, 7) is 1.04. The van der Waals surface area contributed by atoms with Crippen molar-refractivity contribution in [3.63, 3.8) is 0 Å². The number of aromatic nitrogens is 1. The van der Waals surface area contributed by atoms with Gasteiger partial charge in [-0.2, -0.15) is 0 Å². The first kappa shape index (κ1) is 17.0. The second-order valence-electron chi connectivity index (χ2n) is 7.47. The molecule has 0 spiro atoms. The normalized spacial score (nSPS) is 22.7. The molecule has 0 bridgehead atoms. The van der Waals surface area contributed by atoms with E-state index in [1.165, 1.54) is 6.42 Å². The number of aromatic amines is 1. The number of hydrogen-bond donors (Lipinski definition) is 2. The third-order valence-corrected chi connectivity index (χ3v) is 5.70. The van der Waals surface area contributed by atoms with Crippen molar-refractivity contribution in [1.82, 2.24) is 9.88 Å². The standard InChI is InChI=1S/C21H25N3O2/c22-18-13-24(12-17(18)14-7-3-1-4-8-14)21(26)16-11-15-9-5-2-6-10-19(15)23-20(16)25/h1,3-4,7-8,11,17-18H,2,5-6,9-10,12-13,22H2,(H,23,25)/t17-,18+/m0/s1. The highest BCUT2D eigenvalue weighted by Gasteiger charge is 2.35. The van der Waals surface area contributed by atoms with Crippen LogP contribution in [-0.2, 0) is 12.8 Å². The summed E-state index contributed by atoms with van der Waals surface area (Å²) in [5, 5.41) is 0. The van der Waals surface area contributed by atoms with Crippen LogP contribution in [0, 0.1) is 0 Å². The van der Waals surface area contributed by atoms with Gasteiger partial charge in [0.1, 0.15) is 5.56 Å². The van der Waals surface area contributed by atoms with E-state index in [-0.39, 0.29) is 29.0 Å². The van der Waals surface area contributed by atoms with Gasteiger partial charge in [0.2, 0.25) is 0 Å². The van der Waals surface area contributed by atoms with Crippen molar-refractivity contribution in [1.29, 1.82) is 0 Å². The Labute approximate surface area is 153 Å². The molecule has 1 saturated heterocycles. The number of fused-ring (bicyclic) bond motifs is 1. The fraction of sp³-hybridized carbons (Fsp3) is 0.429. The summed E-state index contributed by atoms with van der Waals surface area (Å²) in [4.78, 5) is 30.2. The lowest BCUT2D eigenvalue weighted by molar-refractivity contribution is 0.0787. The molecule has 1 aromatic heterocycles. The van der Waals surface area contributed by atoms with Crippen LogP contribution in [0.25, 0.3) is 0 Å². The molecule has 2 aliphatic rings. The number of hydrogen-bond acceptors (Lipinski definition) is 3. The van der Waals surface area contributed by atoms with Gasteiger partial charge < -0.3 is 15.6 Å². The minimum atomic E-state index is -0.271. The second-order valence-corrected chi connectivity index (χ2v) is 7.47. The van der Waals surface area contributed by atoms with Gasteiger partial charge in [-0.25, -0.2) is 0 Å². The van der Waals surface area contributed by atoms with E-state index >= 15 is 0 Å². The number of pyridine rings is 1. The van der Waals surface area contributed by atoms with Gasteiger partial charge in [0.05, 0.1) is 0 Å². The van der Waals surface area contributed by atoms with Crippen LogP contribution in [0.5, 0.6) is 0 Å². The number of likely N-dealkylation sites (tertiary alicyclic amines) is 1. The predicted molar refractivity (Wildman–Crippen MR) is 101 cm³/mol. The van der Waals surface area contributed by atoms with Crippen LogP contribution in [0.4, 0.5) is 0 Å². The summed E-state index contributed by atoms with van der Waals surface area (Å²) in [7, 11) is 0. The van der Waals surface area contributed by atoms with E-state index in [1.807, 2.05) is 36.4 Å². The van der Waals surface area contributed by atoms with Gasteiger partial charge in [-0.05, 0) is 42.9 Å². The predicted octanol–water partition coefficient (Wildman–Crippen LogP) is 2.21. The van der Waals surface area contributed by atoms with E-state index < -0.39 is 0 Å². The third kappa shape index (κ3) is 3.19. The molecule has 0 radical (unpaired) electrons. The van der Waals surface area contributed by atoms with Crippen LogP contribution < -0.4 is 11.3 Å². The first-order valence-corrected chi connectivity index (χ1v) is 9.48. The number of carbonyl (C=O) groups is 1. The molecule has 136 valence electrons. The quantitative estimate of drug-likeness (QED) is 0.814. The lowest BCUT2D eigenvalue weighted by Crippen LogP contribution is -2.35. The number of nitrogens with one attached hydrogen (secondary N) is 1. The Morgan fingerprint density at radius 2 is 1.85 bits per heavy atom. The Balaban J connectivity index is 1.59. The van der Waals surface area contributed by atoms with Crippen LogP contribution in [-0.4, -0.2) is 34.9 Å². The summed E-state index contributed by atoms with van der Waals surface area (Å²) >= 11 is 0. The van der Waals surface area contributed by atoms with Gasteiger partial charge in [0, 0.05) is 30.7 Å². The van der Waals surface area contributed by atoms with E-state index in [9.17, 15) is 9.59 Å². The molecule has 1 aliphatic carbocycles. The fourth-order valence-electron chi connectivity index (χ4n) is 4.23. The van der Waals surface area contributed by atoms with Crippen molar-refractivity contribution in [3.8, 4) is 0 Å². The molecule has 2 heterocycles. The number of amides is 1. The Morgan fingerprint density at radius 1 is 1.08 bits per heavy atom. The molecular formula is C21H25N3O2. The van der Waals surface area contributed by atoms with Crippen molar-refractivity contribution in [2.75, 3.05) is 13.1 Å². The maximum absolute atomic E-state index is 13.0. The monoisotopic (exact) mass is 351 g/mol. The number of aryl methyl sites for hydroxylation is 2. The zero-order valence-electron chi connectivity index (χ0n) is 14.9. The van der Waals surface area contributed by atoms with Gasteiger partial charge in [-0.3, -0.25) is 9.59 Å². The third-order valence-electron chi connectivity index (χ3n) is 5.70. The maximum Gasteiger partial charge on any atom is 0.261 e. The van der Waals surface area contributed by atoms with Crippen LogP contribution >= 0.6 is 0 Å². The summed E-state index contributed by atoms with van der Waals surface area (Å²) in [5.74, 6) is -0.0905. The lowest BCUT2D eigenvalue weighted by atomic mass is 9.95. The summed E-state index contributed by atoms with van der Waals surface area (Å²) in [6.07, 6.45) is 5.19. The molecule has 5 heteroatoms. The fourth-order valence-corrected chi connectivity index (χ4v) is 4.23. The molecule has 4 rings (SSSR count). The number of rotatable bonds is 2. The van der Waals surface area contributed by atoms with Gasteiger partial charge >= 0.3 is 0 Å². The van der Waals surface area contributed by atoms with Crippen molar-refractivity contribution < 1.29 is 4.79 Å².